The smallest absolute Gasteiger partial charge is 0.478 e. The highest BCUT2D eigenvalue weighted by Gasteiger charge is 2.32. The molecule has 11 heteroatoms. The van der Waals surface area contributed by atoms with Crippen LogP contribution < -0.4 is 14.8 Å². The summed E-state index contributed by atoms with van der Waals surface area (Å²) in [5, 5.41) is 17.1. The van der Waals surface area contributed by atoms with Gasteiger partial charge < -0.3 is 19.9 Å². The number of aliphatic carboxylic acids is 1. The van der Waals surface area contributed by atoms with Crippen LogP contribution in [0.1, 0.15) is 36.7 Å². The number of nitrogens with zero attached hydrogens (tertiary/aromatic N) is 2. The normalized spacial score (nSPS) is 12.9. The Morgan fingerprint density at radius 2 is 1.89 bits per heavy atom. The van der Waals surface area contributed by atoms with Crippen molar-refractivity contribution in [2.45, 2.75) is 45.2 Å². The summed E-state index contributed by atoms with van der Waals surface area (Å²) >= 11 is 6.38. The van der Waals surface area contributed by atoms with Crippen LogP contribution in [-0.2, 0) is 11.2 Å². The lowest BCUT2D eigenvalue weighted by atomic mass is 10.0. The number of aryl methyl sites for hydroxylation is 1. The molecule has 0 aliphatic rings. The van der Waals surface area contributed by atoms with Gasteiger partial charge in [0.05, 0.1) is 10.7 Å². The predicted octanol–water partition coefficient (Wildman–Crippen LogP) is 5.48. The molecule has 3 rings (SSSR count). The summed E-state index contributed by atoms with van der Waals surface area (Å²) in [6.07, 6.45) is -2.68. The van der Waals surface area contributed by atoms with E-state index in [0.717, 1.165) is 11.3 Å². The van der Waals surface area contributed by atoms with Crippen LogP contribution >= 0.6 is 11.6 Å². The summed E-state index contributed by atoms with van der Waals surface area (Å²) in [6, 6.07) is 10.8. The topological polar surface area (TPSA) is 85.6 Å². The van der Waals surface area contributed by atoms with Gasteiger partial charge in [0.1, 0.15) is 11.5 Å². The van der Waals surface area contributed by atoms with Crippen LogP contribution in [0.15, 0.2) is 48.7 Å². The summed E-state index contributed by atoms with van der Waals surface area (Å²) in [6.45, 7) is 4.54. The minimum atomic E-state index is -4.77. The minimum absolute atomic E-state index is 0.197. The number of carbonyl (C=O) groups is 1. The van der Waals surface area contributed by atoms with Crippen LogP contribution in [-0.4, -0.2) is 39.9 Å². The van der Waals surface area contributed by atoms with Crippen LogP contribution in [0.3, 0.4) is 0 Å². The second-order valence-corrected chi connectivity index (χ2v) is 8.79. The Morgan fingerprint density at radius 3 is 2.46 bits per heavy atom. The van der Waals surface area contributed by atoms with Gasteiger partial charge in [-0.1, -0.05) is 17.7 Å². The molecular weight excluding hydrogens is 487 g/mol. The van der Waals surface area contributed by atoms with Gasteiger partial charge in [-0.15, -0.1) is 13.2 Å². The molecule has 188 valence electrons. The largest absolute Gasteiger partial charge is 0.573 e. The number of rotatable bonds is 9. The number of aromatic nitrogens is 2. The number of carboxylic acids is 1. The van der Waals surface area contributed by atoms with Crippen LogP contribution in [0, 0.1) is 6.92 Å². The minimum Gasteiger partial charge on any atom is -0.478 e. The molecule has 3 aromatic rings. The van der Waals surface area contributed by atoms with Crippen LogP contribution in [0.25, 0.3) is 5.69 Å². The maximum atomic E-state index is 12.5. The average molecular weight is 512 g/mol. The molecule has 7 nitrogen and oxygen atoms in total. The highest BCUT2D eigenvalue weighted by Crippen LogP contribution is 2.32. The third-order valence-electron chi connectivity index (χ3n) is 5.35. The number of hydrogen-bond donors (Lipinski definition) is 2. The first-order valence-corrected chi connectivity index (χ1v) is 11.0. The van der Waals surface area contributed by atoms with E-state index in [0.29, 0.717) is 17.7 Å². The SMILES string of the molecule is CNC(Cc1ccnn1-c1ccc(OC(F)(F)F)cc1C)c1ccc(OC(C)(C)C(=O)O)c(Cl)c1. The standard InChI is InChI=1S/C24H25ClF3N3O4/c1-14-11-17(34-24(26,27)28)6-7-20(14)31-16(9-10-30-31)13-19(29-4)15-5-8-21(18(25)12-15)35-23(2,3)22(32)33/h5-12,19,29H,13H2,1-4H3,(H,32,33). The molecule has 0 radical (unpaired) electrons. The molecule has 0 saturated carbocycles. The highest BCUT2D eigenvalue weighted by atomic mass is 35.5. The van der Waals surface area contributed by atoms with Crippen molar-refractivity contribution in [2.75, 3.05) is 7.05 Å². The molecule has 0 aliphatic heterocycles. The van der Waals surface area contributed by atoms with E-state index in [-0.39, 0.29) is 22.6 Å². The van der Waals surface area contributed by atoms with E-state index in [9.17, 15) is 23.1 Å². The Hall–Kier alpha value is -3.24. The van der Waals surface area contributed by atoms with Crippen LogP contribution in [0.5, 0.6) is 11.5 Å². The van der Waals surface area contributed by atoms with Gasteiger partial charge in [0, 0.05) is 24.4 Å². The summed E-state index contributed by atoms with van der Waals surface area (Å²) in [5.41, 5.74) is 1.37. The quantitative estimate of drug-likeness (QED) is 0.396. The number of ether oxygens (including phenoxy) is 2. The van der Waals surface area contributed by atoms with Crippen LogP contribution in [0.2, 0.25) is 5.02 Å². The lowest BCUT2D eigenvalue weighted by Gasteiger charge is -2.23. The van der Waals surface area contributed by atoms with Crippen molar-refractivity contribution < 1.29 is 32.5 Å². The molecule has 1 heterocycles. The Bertz CT molecular complexity index is 1210. The second kappa shape index (κ2) is 10.2. The third kappa shape index (κ3) is 6.46. The third-order valence-corrected chi connectivity index (χ3v) is 5.65. The van der Waals surface area contributed by atoms with Crippen molar-refractivity contribution in [1.29, 1.82) is 0 Å². The fraction of sp³-hybridized carbons (Fsp3) is 0.333. The molecule has 0 saturated heterocycles. The number of likely N-dealkylation sites (N-methyl/N-ethyl adjacent to an activating group) is 1. The zero-order chi connectivity index (χ0) is 26.0. The first-order valence-electron chi connectivity index (χ1n) is 10.6. The van der Waals surface area contributed by atoms with Gasteiger partial charge >= 0.3 is 12.3 Å². The molecule has 0 amide bonds. The van der Waals surface area contributed by atoms with Crippen molar-refractivity contribution in [3.8, 4) is 17.2 Å². The molecule has 1 aromatic heterocycles. The van der Waals surface area contributed by atoms with Gasteiger partial charge in [-0.3, -0.25) is 0 Å². The van der Waals surface area contributed by atoms with Crippen molar-refractivity contribution in [3.05, 3.63) is 70.5 Å². The summed E-state index contributed by atoms with van der Waals surface area (Å²) in [4.78, 5) is 11.3. The van der Waals surface area contributed by atoms with E-state index in [2.05, 4.69) is 15.2 Å². The second-order valence-electron chi connectivity index (χ2n) is 8.38. The number of benzene rings is 2. The number of alkyl halides is 3. The zero-order valence-corrected chi connectivity index (χ0v) is 20.2. The molecule has 0 spiro atoms. The number of carboxylic acid groups (broad SMARTS) is 1. The molecule has 2 N–H and O–H groups in total. The van der Waals surface area contributed by atoms with Gasteiger partial charge in [0.25, 0.3) is 0 Å². The molecule has 0 aliphatic carbocycles. The van der Waals surface area contributed by atoms with Gasteiger partial charge in [-0.05, 0) is 75.3 Å². The maximum absolute atomic E-state index is 12.5. The predicted molar refractivity (Wildman–Crippen MR) is 124 cm³/mol. The zero-order valence-electron chi connectivity index (χ0n) is 19.5. The fourth-order valence-electron chi connectivity index (χ4n) is 3.50. The lowest BCUT2D eigenvalue weighted by Crippen LogP contribution is -2.38. The van der Waals surface area contributed by atoms with E-state index in [1.807, 2.05) is 6.07 Å². The molecule has 0 bridgehead atoms. The molecule has 1 atom stereocenters. The van der Waals surface area contributed by atoms with E-state index < -0.39 is 17.9 Å². The Morgan fingerprint density at radius 1 is 1.17 bits per heavy atom. The first kappa shape index (κ1) is 26.4. The molecule has 0 fully saturated rings. The highest BCUT2D eigenvalue weighted by molar-refractivity contribution is 6.32. The summed E-state index contributed by atoms with van der Waals surface area (Å²) in [5.74, 6) is -1.17. The van der Waals surface area contributed by atoms with Gasteiger partial charge in [-0.2, -0.15) is 5.10 Å². The van der Waals surface area contributed by atoms with Crippen molar-refractivity contribution >= 4 is 17.6 Å². The number of hydrogen-bond acceptors (Lipinski definition) is 5. The summed E-state index contributed by atoms with van der Waals surface area (Å²) < 4.78 is 48.8. The van der Waals surface area contributed by atoms with Gasteiger partial charge in [-0.25, -0.2) is 9.48 Å². The number of nitrogens with one attached hydrogen (secondary N) is 1. The van der Waals surface area contributed by atoms with E-state index in [4.69, 9.17) is 16.3 Å². The van der Waals surface area contributed by atoms with Crippen LogP contribution in [0.4, 0.5) is 13.2 Å². The monoisotopic (exact) mass is 511 g/mol. The number of halogens is 4. The Kier molecular flexibility index (Phi) is 7.66. The maximum Gasteiger partial charge on any atom is 0.573 e. The fourth-order valence-corrected chi connectivity index (χ4v) is 3.72. The summed E-state index contributed by atoms with van der Waals surface area (Å²) in [7, 11) is 1.78. The molecule has 1 unspecified atom stereocenters. The molecule has 35 heavy (non-hydrogen) atoms. The van der Waals surface area contributed by atoms with E-state index in [1.165, 1.54) is 32.0 Å². The van der Waals surface area contributed by atoms with Gasteiger partial charge in [0.15, 0.2) is 5.60 Å². The van der Waals surface area contributed by atoms with Crippen molar-refractivity contribution in [2.24, 2.45) is 0 Å². The van der Waals surface area contributed by atoms with Gasteiger partial charge in [0.2, 0.25) is 0 Å². The Labute approximate surface area is 205 Å². The molecule has 2 aromatic carbocycles. The Balaban J connectivity index is 1.83. The van der Waals surface area contributed by atoms with Crippen molar-refractivity contribution in [3.63, 3.8) is 0 Å². The van der Waals surface area contributed by atoms with E-state index in [1.54, 1.807) is 43.0 Å². The van der Waals surface area contributed by atoms with Crippen molar-refractivity contribution in [1.82, 2.24) is 15.1 Å². The molecular formula is C24H25ClF3N3O4. The first-order chi connectivity index (χ1) is 16.3. The average Bonchev–Trinajstić information content (AvgIpc) is 3.20. The van der Waals surface area contributed by atoms with E-state index >= 15 is 0 Å². The lowest BCUT2D eigenvalue weighted by molar-refractivity contribution is -0.274.